The molecule has 0 heterocycles. The number of ether oxygens (including phenoxy) is 1. The standard InChI is InChI=1S/C15H22N2O3S/c1-4-9-16-15(19)11(2)17-14(18)10-21-13-7-5-12(20-3)6-8-13/h5-8,11H,4,9-10H2,1-3H3,(H,16,19)(H,17,18)/t11-/m0/s1. The zero-order chi connectivity index (χ0) is 15.7. The lowest BCUT2D eigenvalue weighted by atomic mass is 10.3. The molecule has 0 aliphatic carbocycles. The summed E-state index contributed by atoms with van der Waals surface area (Å²) in [4.78, 5) is 24.4. The summed E-state index contributed by atoms with van der Waals surface area (Å²) in [5, 5.41) is 5.43. The van der Waals surface area contributed by atoms with Gasteiger partial charge in [0.1, 0.15) is 11.8 Å². The van der Waals surface area contributed by atoms with Gasteiger partial charge in [0, 0.05) is 11.4 Å². The molecule has 0 radical (unpaired) electrons. The van der Waals surface area contributed by atoms with Crippen LogP contribution >= 0.6 is 11.8 Å². The van der Waals surface area contributed by atoms with Crippen molar-refractivity contribution in [3.63, 3.8) is 0 Å². The van der Waals surface area contributed by atoms with Crippen molar-refractivity contribution in [3.8, 4) is 5.75 Å². The molecule has 0 aliphatic heterocycles. The van der Waals surface area contributed by atoms with E-state index < -0.39 is 6.04 Å². The summed E-state index contributed by atoms with van der Waals surface area (Å²) in [7, 11) is 1.61. The lowest BCUT2D eigenvalue weighted by Gasteiger charge is -2.13. The Morgan fingerprint density at radius 1 is 1.29 bits per heavy atom. The minimum absolute atomic E-state index is 0.153. The Hall–Kier alpha value is -1.69. The maximum atomic E-state index is 11.8. The van der Waals surface area contributed by atoms with Gasteiger partial charge in [-0.25, -0.2) is 0 Å². The molecule has 116 valence electrons. The maximum absolute atomic E-state index is 11.8. The molecule has 2 N–H and O–H groups in total. The second-order valence-corrected chi connectivity index (χ2v) is 5.59. The average Bonchev–Trinajstić information content (AvgIpc) is 2.50. The number of nitrogens with one attached hydrogen (secondary N) is 2. The van der Waals surface area contributed by atoms with E-state index in [1.54, 1.807) is 14.0 Å². The summed E-state index contributed by atoms with van der Waals surface area (Å²) in [6.45, 7) is 4.29. The van der Waals surface area contributed by atoms with Crippen molar-refractivity contribution in [2.45, 2.75) is 31.2 Å². The topological polar surface area (TPSA) is 67.4 Å². The summed E-state index contributed by atoms with van der Waals surface area (Å²) in [5.74, 6) is 0.747. The molecule has 0 bridgehead atoms. The molecule has 0 unspecified atom stereocenters. The van der Waals surface area contributed by atoms with Crippen LogP contribution < -0.4 is 15.4 Å². The van der Waals surface area contributed by atoms with Crippen LogP contribution in [0.25, 0.3) is 0 Å². The molecule has 0 spiro atoms. The normalized spacial score (nSPS) is 11.6. The Bertz CT molecular complexity index is 462. The fraction of sp³-hybridized carbons (Fsp3) is 0.467. The first-order valence-corrected chi connectivity index (χ1v) is 7.89. The second-order valence-electron chi connectivity index (χ2n) is 4.54. The maximum Gasteiger partial charge on any atom is 0.242 e. The van der Waals surface area contributed by atoms with E-state index in [1.165, 1.54) is 11.8 Å². The Morgan fingerprint density at radius 3 is 2.52 bits per heavy atom. The smallest absolute Gasteiger partial charge is 0.242 e. The highest BCUT2D eigenvalue weighted by molar-refractivity contribution is 8.00. The Morgan fingerprint density at radius 2 is 1.95 bits per heavy atom. The first-order chi connectivity index (χ1) is 10.1. The largest absolute Gasteiger partial charge is 0.497 e. The van der Waals surface area contributed by atoms with E-state index in [1.807, 2.05) is 31.2 Å². The molecule has 1 atom stereocenters. The fourth-order valence-corrected chi connectivity index (χ4v) is 2.28. The molecule has 1 rings (SSSR count). The van der Waals surface area contributed by atoms with Crippen molar-refractivity contribution in [1.29, 1.82) is 0 Å². The van der Waals surface area contributed by atoms with Crippen LogP contribution in [0.15, 0.2) is 29.2 Å². The number of hydrogen-bond acceptors (Lipinski definition) is 4. The third kappa shape index (κ3) is 6.53. The van der Waals surface area contributed by atoms with Gasteiger partial charge in [0.2, 0.25) is 11.8 Å². The van der Waals surface area contributed by atoms with Crippen molar-refractivity contribution in [3.05, 3.63) is 24.3 Å². The summed E-state index contributed by atoms with van der Waals surface area (Å²) in [6.07, 6.45) is 0.875. The first-order valence-electron chi connectivity index (χ1n) is 6.90. The van der Waals surface area contributed by atoms with Crippen LogP contribution in [0.4, 0.5) is 0 Å². The molecule has 0 saturated heterocycles. The van der Waals surface area contributed by atoms with E-state index in [0.717, 1.165) is 17.1 Å². The molecule has 2 amide bonds. The molecule has 0 aromatic heterocycles. The Labute approximate surface area is 129 Å². The summed E-state index contributed by atoms with van der Waals surface area (Å²) >= 11 is 1.42. The second kappa shape index (κ2) is 9.28. The number of amides is 2. The molecule has 6 heteroatoms. The van der Waals surface area contributed by atoms with Gasteiger partial charge < -0.3 is 15.4 Å². The highest BCUT2D eigenvalue weighted by Gasteiger charge is 2.14. The van der Waals surface area contributed by atoms with E-state index >= 15 is 0 Å². The minimum atomic E-state index is -0.513. The number of hydrogen-bond donors (Lipinski definition) is 2. The predicted octanol–water partition coefficient (Wildman–Crippen LogP) is 1.82. The van der Waals surface area contributed by atoms with Gasteiger partial charge in [0.05, 0.1) is 12.9 Å². The van der Waals surface area contributed by atoms with Crippen molar-refractivity contribution < 1.29 is 14.3 Å². The molecule has 1 aromatic carbocycles. The van der Waals surface area contributed by atoms with Crippen LogP contribution in [0, 0.1) is 0 Å². The predicted molar refractivity (Wildman–Crippen MR) is 84.6 cm³/mol. The zero-order valence-electron chi connectivity index (χ0n) is 12.6. The lowest BCUT2D eigenvalue weighted by molar-refractivity contribution is -0.127. The van der Waals surface area contributed by atoms with E-state index in [0.29, 0.717) is 6.54 Å². The summed E-state index contributed by atoms with van der Waals surface area (Å²) < 4.78 is 5.07. The van der Waals surface area contributed by atoms with Gasteiger partial charge in [0.15, 0.2) is 0 Å². The molecular weight excluding hydrogens is 288 g/mol. The van der Waals surface area contributed by atoms with Gasteiger partial charge in [0.25, 0.3) is 0 Å². The SMILES string of the molecule is CCCNC(=O)[C@H](C)NC(=O)CSc1ccc(OC)cc1. The van der Waals surface area contributed by atoms with E-state index in [9.17, 15) is 9.59 Å². The van der Waals surface area contributed by atoms with Crippen LogP contribution in [-0.2, 0) is 9.59 Å². The number of rotatable bonds is 8. The first kappa shape index (κ1) is 17.4. The van der Waals surface area contributed by atoms with Gasteiger partial charge >= 0.3 is 0 Å². The van der Waals surface area contributed by atoms with Crippen molar-refractivity contribution in [2.75, 3.05) is 19.4 Å². The molecule has 0 fully saturated rings. The minimum Gasteiger partial charge on any atom is -0.497 e. The third-order valence-corrected chi connectivity index (χ3v) is 3.76. The average molecular weight is 310 g/mol. The fourth-order valence-electron chi connectivity index (χ4n) is 1.57. The Balaban J connectivity index is 2.34. The number of methoxy groups -OCH3 is 1. The highest BCUT2D eigenvalue weighted by Crippen LogP contribution is 2.20. The molecule has 0 aliphatic rings. The van der Waals surface area contributed by atoms with Crippen LogP contribution in [0.2, 0.25) is 0 Å². The van der Waals surface area contributed by atoms with Gasteiger partial charge in [-0.1, -0.05) is 6.92 Å². The van der Waals surface area contributed by atoms with Crippen LogP contribution in [0.5, 0.6) is 5.75 Å². The van der Waals surface area contributed by atoms with Crippen molar-refractivity contribution in [2.24, 2.45) is 0 Å². The van der Waals surface area contributed by atoms with Gasteiger partial charge in [-0.3, -0.25) is 9.59 Å². The molecule has 21 heavy (non-hydrogen) atoms. The molecular formula is C15H22N2O3S. The van der Waals surface area contributed by atoms with E-state index in [4.69, 9.17) is 4.74 Å². The van der Waals surface area contributed by atoms with Gasteiger partial charge in [-0.2, -0.15) is 0 Å². The van der Waals surface area contributed by atoms with Crippen LogP contribution in [0.1, 0.15) is 20.3 Å². The van der Waals surface area contributed by atoms with Crippen LogP contribution in [-0.4, -0.2) is 37.3 Å². The zero-order valence-corrected chi connectivity index (χ0v) is 13.5. The molecule has 5 nitrogen and oxygen atoms in total. The lowest BCUT2D eigenvalue weighted by Crippen LogP contribution is -2.45. The summed E-state index contributed by atoms with van der Waals surface area (Å²) in [6, 6.07) is 6.98. The summed E-state index contributed by atoms with van der Waals surface area (Å²) in [5.41, 5.74) is 0. The van der Waals surface area contributed by atoms with Crippen molar-refractivity contribution >= 4 is 23.6 Å². The Kier molecular flexibility index (Phi) is 7.68. The van der Waals surface area contributed by atoms with E-state index in [-0.39, 0.29) is 17.6 Å². The van der Waals surface area contributed by atoms with Crippen LogP contribution in [0.3, 0.4) is 0 Å². The molecule has 0 saturated carbocycles. The molecule has 1 aromatic rings. The highest BCUT2D eigenvalue weighted by atomic mass is 32.2. The van der Waals surface area contributed by atoms with E-state index in [2.05, 4.69) is 10.6 Å². The number of carbonyl (C=O) groups is 2. The van der Waals surface area contributed by atoms with Gasteiger partial charge in [-0.05, 0) is 37.6 Å². The van der Waals surface area contributed by atoms with Crippen molar-refractivity contribution in [1.82, 2.24) is 10.6 Å². The number of thioether (sulfide) groups is 1. The quantitative estimate of drug-likeness (QED) is 0.719. The monoisotopic (exact) mass is 310 g/mol. The van der Waals surface area contributed by atoms with Gasteiger partial charge in [-0.15, -0.1) is 11.8 Å². The number of benzene rings is 1. The number of carbonyl (C=O) groups excluding carboxylic acids is 2. The third-order valence-electron chi connectivity index (χ3n) is 2.75.